The van der Waals surface area contributed by atoms with Crippen LogP contribution in [-0.4, -0.2) is 4.83 Å². The van der Waals surface area contributed by atoms with Crippen molar-refractivity contribution in [2.24, 2.45) is 0 Å². The third kappa shape index (κ3) is 3.34. The van der Waals surface area contributed by atoms with Crippen molar-refractivity contribution >= 4 is 15.9 Å². The van der Waals surface area contributed by atoms with Gasteiger partial charge in [0.1, 0.15) is 0 Å². The molecule has 0 radical (unpaired) electrons. The minimum absolute atomic E-state index is 0.637. The molecule has 0 aromatic heterocycles. The Balaban J connectivity index is 2.14. The van der Waals surface area contributed by atoms with E-state index in [1.54, 1.807) is 0 Å². The first-order chi connectivity index (χ1) is 8.18. The molecule has 0 N–H and O–H groups in total. The minimum Gasteiger partial charge on any atom is -0.0884 e. The second-order valence-electron chi connectivity index (χ2n) is 5.58. The van der Waals surface area contributed by atoms with Gasteiger partial charge in [-0.1, -0.05) is 73.3 Å². The zero-order valence-corrected chi connectivity index (χ0v) is 12.5. The third-order valence-corrected chi connectivity index (χ3v) is 5.06. The summed E-state index contributed by atoms with van der Waals surface area (Å²) >= 11 is 3.89. The van der Waals surface area contributed by atoms with E-state index in [0.717, 1.165) is 5.92 Å². The van der Waals surface area contributed by atoms with Crippen LogP contribution in [0.25, 0.3) is 0 Å². The molecule has 2 rings (SSSR count). The van der Waals surface area contributed by atoms with Crippen molar-refractivity contribution in [2.75, 3.05) is 0 Å². The average molecular weight is 295 g/mol. The minimum atomic E-state index is 0.637. The molecule has 1 aromatic rings. The van der Waals surface area contributed by atoms with Crippen LogP contribution in [0, 0.1) is 0 Å². The summed E-state index contributed by atoms with van der Waals surface area (Å²) in [7, 11) is 0. The van der Waals surface area contributed by atoms with E-state index in [0.29, 0.717) is 10.7 Å². The molecule has 1 fully saturated rings. The summed E-state index contributed by atoms with van der Waals surface area (Å²) in [6.07, 6.45) is 6.85. The van der Waals surface area contributed by atoms with Gasteiger partial charge in [-0.05, 0) is 35.8 Å². The first-order valence-electron chi connectivity index (χ1n) is 6.92. The van der Waals surface area contributed by atoms with E-state index >= 15 is 0 Å². The molecule has 94 valence electrons. The first kappa shape index (κ1) is 13.1. The normalized spacial score (nSPS) is 25.9. The lowest BCUT2D eigenvalue weighted by atomic mass is 9.90. The van der Waals surface area contributed by atoms with Gasteiger partial charge in [-0.2, -0.15) is 0 Å². The van der Waals surface area contributed by atoms with Crippen LogP contribution in [0.2, 0.25) is 0 Å². The summed E-state index contributed by atoms with van der Waals surface area (Å²) < 4.78 is 0. The maximum atomic E-state index is 3.89. The van der Waals surface area contributed by atoms with Crippen LogP contribution >= 0.6 is 15.9 Å². The van der Waals surface area contributed by atoms with Crippen LogP contribution in [0.15, 0.2) is 24.3 Å². The fourth-order valence-electron chi connectivity index (χ4n) is 2.77. The van der Waals surface area contributed by atoms with E-state index in [1.807, 2.05) is 0 Å². The first-order valence-corrected chi connectivity index (χ1v) is 7.84. The molecule has 0 saturated heterocycles. The van der Waals surface area contributed by atoms with Gasteiger partial charge in [0.15, 0.2) is 0 Å². The highest BCUT2D eigenvalue weighted by Gasteiger charge is 2.22. The van der Waals surface area contributed by atoms with Crippen LogP contribution in [0.5, 0.6) is 0 Å². The number of halogens is 1. The number of hydrogen-bond acceptors (Lipinski definition) is 0. The number of rotatable bonds is 2. The number of benzene rings is 1. The van der Waals surface area contributed by atoms with Gasteiger partial charge in [-0.15, -0.1) is 0 Å². The molecular formula is C16H23Br. The molecule has 2 unspecified atom stereocenters. The quantitative estimate of drug-likeness (QED) is 0.490. The van der Waals surface area contributed by atoms with Gasteiger partial charge in [0.25, 0.3) is 0 Å². The molecular weight excluding hydrogens is 272 g/mol. The Bertz CT molecular complexity index is 339. The highest BCUT2D eigenvalue weighted by atomic mass is 79.9. The Hall–Kier alpha value is -0.300. The third-order valence-electron chi connectivity index (χ3n) is 3.96. The zero-order chi connectivity index (χ0) is 12.3. The van der Waals surface area contributed by atoms with Crippen molar-refractivity contribution in [1.82, 2.24) is 0 Å². The van der Waals surface area contributed by atoms with Crippen LogP contribution in [0.4, 0.5) is 0 Å². The maximum absolute atomic E-state index is 3.89. The van der Waals surface area contributed by atoms with Crippen molar-refractivity contribution < 1.29 is 0 Å². The monoisotopic (exact) mass is 294 g/mol. The van der Waals surface area contributed by atoms with Gasteiger partial charge >= 0.3 is 0 Å². The summed E-state index contributed by atoms with van der Waals surface area (Å²) in [6.45, 7) is 4.52. The van der Waals surface area contributed by atoms with Crippen LogP contribution in [0.1, 0.15) is 68.9 Å². The summed E-state index contributed by atoms with van der Waals surface area (Å²) in [4.78, 5) is 0.676. The van der Waals surface area contributed by atoms with E-state index in [2.05, 4.69) is 54.0 Å². The Morgan fingerprint density at radius 3 is 2.29 bits per heavy atom. The molecule has 0 nitrogen and oxygen atoms in total. The highest BCUT2D eigenvalue weighted by molar-refractivity contribution is 9.09. The predicted octanol–water partition coefficient (Wildman–Crippen LogP) is 5.62. The van der Waals surface area contributed by atoms with E-state index in [1.165, 1.54) is 43.2 Å². The topological polar surface area (TPSA) is 0 Å². The molecule has 1 saturated carbocycles. The van der Waals surface area contributed by atoms with Crippen molar-refractivity contribution in [3.8, 4) is 0 Å². The standard InChI is InChI=1S/C16H23Br/c1-12(2)13-8-10-14(11-9-13)15-6-4-3-5-7-16(15)17/h8-12,15-16H,3-7H2,1-2H3. The Labute approximate surface area is 114 Å². The van der Waals surface area contributed by atoms with Gasteiger partial charge < -0.3 is 0 Å². The van der Waals surface area contributed by atoms with Crippen molar-refractivity contribution in [3.63, 3.8) is 0 Å². The molecule has 0 spiro atoms. The Kier molecular flexibility index (Phi) is 4.67. The summed E-state index contributed by atoms with van der Waals surface area (Å²) in [6, 6.07) is 9.31. The van der Waals surface area contributed by atoms with Gasteiger partial charge in [-0.25, -0.2) is 0 Å². The number of hydrogen-bond donors (Lipinski definition) is 0. The molecule has 17 heavy (non-hydrogen) atoms. The Morgan fingerprint density at radius 1 is 1.00 bits per heavy atom. The summed E-state index contributed by atoms with van der Waals surface area (Å²) in [5, 5.41) is 0. The Morgan fingerprint density at radius 2 is 1.65 bits per heavy atom. The fraction of sp³-hybridized carbons (Fsp3) is 0.625. The van der Waals surface area contributed by atoms with E-state index in [4.69, 9.17) is 0 Å². The lowest BCUT2D eigenvalue weighted by Crippen LogP contribution is -2.10. The zero-order valence-electron chi connectivity index (χ0n) is 11.0. The lowest BCUT2D eigenvalue weighted by molar-refractivity contribution is 0.612. The molecule has 1 heteroatoms. The van der Waals surface area contributed by atoms with Gasteiger partial charge in [-0.3, -0.25) is 0 Å². The average Bonchev–Trinajstić information content (AvgIpc) is 2.54. The molecule has 0 heterocycles. The second-order valence-corrected chi connectivity index (χ2v) is 6.76. The van der Waals surface area contributed by atoms with Crippen LogP contribution in [-0.2, 0) is 0 Å². The molecule has 2 atom stereocenters. The van der Waals surface area contributed by atoms with E-state index < -0.39 is 0 Å². The second kappa shape index (κ2) is 6.04. The summed E-state index contributed by atoms with van der Waals surface area (Å²) in [5.74, 6) is 1.36. The van der Waals surface area contributed by atoms with Crippen LogP contribution in [0.3, 0.4) is 0 Å². The van der Waals surface area contributed by atoms with Crippen molar-refractivity contribution in [2.45, 2.75) is 62.6 Å². The molecule has 0 aliphatic heterocycles. The molecule has 1 aromatic carbocycles. The maximum Gasteiger partial charge on any atom is 0.0214 e. The highest BCUT2D eigenvalue weighted by Crippen LogP contribution is 2.36. The molecule has 1 aliphatic rings. The largest absolute Gasteiger partial charge is 0.0884 e. The van der Waals surface area contributed by atoms with Crippen LogP contribution < -0.4 is 0 Å². The lowest BCUT2D eigenvalue weighted by Gasteiger charge is -2.21. The molecule has 0 amide bonds. The van der Waals surface area contributed by atoms with Gasteiger partial charge in [0.2, 0.25) is 0 Å². The number of alkyl halides is 1. The fourth-order valence-corrected chi connectivity index (χ4v) is 3.66. The predicted molar refractivity (Wildman–Crippen MR) is 79.1 cm³/mol. The SMILES string of the molecule is CC(C)c1ccc(C2CCCCCC2Br)cc1. The summed E-state index contributed by atoms with van der Waals surface area (Å²) in [5.41, 5.74) is 2.98. The van der Waals surface area contributed by atoms with Gasteiger partial charge in [0.05, 0.1) is 0 Å². The van der Waals surface area contributed by atoms with Gasteiger partial charge in [0, 0.05) is 4.83 Å². The smallest absolute Gasteiger partial charge is 0.0214 e. The van der Waals surface area contributed by atoms with Crippen molar-refractivity contribution in [3.05, 3.63) is 35.4 Å². The van der Waals surface area contributed by atoms with Crippen molar-refractivity contribution in [1.29, 1.82) is 0 Å². The molecule has 0 bridgehead atoms. The van der Waals surface area contributed by atoms with E-state index in [-0.39, 0.29) is 0 Å². The van der Waals surface area contributed by atoms with E-state index in [9.17, 15) is 0 Å². The molecule has 1 aliphatic carbocycles.